The Hall–Kier alpha value is -1.01. The second-order valence-corrected chi connectivity index (χ2v) is 7.61. The topological polar surface area (TPSA) is 50.7 Å². The van der Waals surface area contributed by atoms with E-state index < -0.39 is 0 Å². The summed E-state index contributed by atoms with van der Waals surface area (Å²) in [6.07, 6.45) is 0.989. The first-order valence-corrected chi connectivity index (χ1v) is 8.12. The molecule has 2 aromatic heterocycles. The van der Waals surface area contributed by atoms with Crippen LogP contribution < -0.4 is 5.32 Å². The average molecular weight is 296 g/mol. The molecule has 0 saturated carbocycles. The van der Waals surface area contributed by atoms with Crippen molar-refractivity contribution in [3.63, 3.8) is 0 Å². The van der Waals surface area contributed by atoms with Gasteiger partial charge >= 0.3 is 0 Å². The van der Waals surface area contributed by atoms with Gasteiger partial charge in [0, 0.05) is 11.3 Å². The molecule has 0 aliphatic carbocycles. The second-order valence-electron chi connectivity index (χ2n) is 5.14. The molecule has 2 rings (SSSR count). The zero-order chi connectivity index (χ0) is 14.0. The van der Waals surface area contributed by atoms with E-state index in [1.165, 1.54) is 4.88 Å². The smallest absolute Gasteiger partial charge is 0.206 e. The molecule has 1 atom stereocenters. The molecule has 0 aliphatic heterocycles. The number of nitrogens with one attached hydrogen (secondary N) is 1. The van der Waals surface area contributed by atoms with Crippen LogP contribution in [0, 0.1) is 19.8 Å². The van der Waals surface area contributed by atoms with E-state index in [0.29, 0.717) is 5.92 Å². The fourth-order valence-corrected chi connectivity index (χ4v) is 3.90. The largest absolute Gasteiger partial charge is 0.352 e. The molecular weight excluding hydrogens is 276 g/mol. The van der Waals surface area contributed by atoms with E-state index in [-0.39, 0.29) is 6.04 Å². The summed E-state index contributed by atoms with van der Waals surface area (Å²) in [5.74, 6) is 0.613. The van der Waals surface area contributed by atoms with Crippen LogP contribution in [0.25, 0.3) is 0 Å². The van der Waals surface area contributed by atoms with Crippen LogP contribution in [0.5, 0.6) is 0 Å². The summed E-state index contributed by atoms with van der Waals surface area (Å²) in [6.45, 7) is 10.7. The van der Waals surface area contributed by atoms with Crippen LogP contribution in [0.15, 0.2) is 0 Å². The third-order valence-electron chi connectivity index (χ3n) is 2.74. The summed E-state index contributed by atoms with van der Waals surface area (Å²) in [4.78, 5) is 5.84. The molecule has 0 radical (unpaired) electrons. The van der Waals surface area contributed by atoms with Gasteiger partial charge in [0.15, 0.2) is 0 Å². The fraction of sp³-hybridized carbons (Fsp3) is 0.615. The Kier molecular flexibility index (Phi) is 4.52. The molecule has 0 aromatic carbocycles. The maximum atomic E-state index is 4.57. The Morgan fingerprint density at radius 2 is 1.84 bits per heavy atom. The van der Waals surface area contributed by atoms with Crippen molar-refractivity contribution >= 4 is 27.8 Å². The van der Waals surface area contributed by atoms with Crippen LogP contribution in [-0.2, 0) is 6.42 Å². The van der Waals surface area contributed by atoms with E-state index in [2.05, 4.69) is 48.2 Å². The molecule has 4 nitrogen and oxygen atoms in total. The van der Waals surface area contributed by atoms with Gasteiger partial charge in [-0.1, -0.05) is 25.2 Å². The van der Waals surface area contributed by atoms with Gasteiger partial charge in [0.25, 0.3) is 0 Å². The number of anilines is 1. The average Bonchev–Trinajstić information content (AvgIpc) is 2.84. The normalized spacial score (nSPS) is 12.9. The van der Waals surface area contributed by atoms with Crippen LogP contribution in [0.1, 0.15) is 47.4 Å². The zero-order valence-corrected chi connectivity index (χ0v) is 13.7. The monoisotopic (exact) mass is 296 g/mol. The van der Waals surface area contributed by atoms with E-state index in [1.54, 1.807) is 22.7 Å². The van der Waals surface area contributed by atoms with Gasteiger partial charge in [0.1, 0.15) is 5.01 Å². The molecule has 0 spiro atoms. The van der Waals surface area contributed by atoms with Crippen molar-refractivity contribution in [3.05, 3.63) is 20.6 Å². The first kappa shape index (κ1) is 14.4. The van der Waals surface area contributed by atoms with Gasteiger partial charge in [-0.05, 0) is 26.7 Å². The van der Waals surface area contributed by atoms with Crippen molar-refractivity contribution in [1.82, 2.24) is 15.2 Å². The summed E-state index contributed by atoms with van der Waals surface area (Å²) >= 11 is 3.38. The molecule has 2 aromatic rings. The van der Waals surface area contributed by atoms with Gasteiger partial charge in [0.05, 0.1) is 16.7 Å². The Morgan fingerprint density at radius 3 is 2.42 bits per heavy atom. The Balaban J connectivity index is 2.04. The number of hydrogen-bond acceptors (Lipinski definition) is 6. The highest BCUT2D eigenvalue weighted by Gasteiger charge is 2.15. The maximum Gasteiger partial charge on any atom is 0.206 e. The lowest BCUT2D eigenvalue weighted by Crippen LogP contribution is -2.08. The third-order valence-corrected chi connectivity index (χ3v) is 4.52. The summed E-state index contributed by atoms with van der Waals surface area (Å²) in [7, 11) is 0. The summed E-state index contributed by atoms with van der Waals surface area (Å²) in [6, 6.07) is 0.171. The number of aromatic nitrogens is 3. The van der Waals surface area contributed by atoms with Crippen LogP contribution in [0.2, 0.25) is 0 Å². The minimum atomic E-state index is 0.171. The standard InChI is InChI=1S/C13H20N4S2/c1-7(2)6-11-16-17-13(19-11)14-8(3)12-9(4)18-10(5)15-12/h7-8H,6H2,1-5H3,(H,14,17). The maximum absolute atomic E-state index is 4.57. The minimum absolute atomic E-state index is 0.171. The van der Waals surface area contributed by atoms with Crippen molar-refractivity contribution in [2.24, 2.45) is 5.92 Å². The van der Waals surface area contributed by atoms with Crippen molar-refractivity contribution in [3.8, 4) is 0 Å². The summed E-state index contributed by atoms with van der Waals surface area (Å²) < 4.78 is 0. The van der Waals surface area contributed by atoms with Crippen molar-refractivity contribution in [2.45, 2.75) is 47.1 Å². The highest BCUT2D eigenvalue weighted by atomic mass is 32.1. The molecule has 104 valence electrons. The Morgan fingerprint density at radius 1 is 1.11 bits per heavy atom. The highest BCUT2D eigenvalue weighted by molar-refractivity contribution is 7.15. The second kappa shape index (κ2) is 5.96. The molecule has 0 bridgehead atoms. The molecule has 0 saturated heterocycles. The summed E-state index contributed by atoms with van der Waals surface area (Å²) in [5.41, 5.74) is 1.11. The first-order chi connectivity index (χ1) is 8.95. The minimum Gasteiger partial charge on any atom is -0.352 e. The van der Waals surface area contributed by atoms with Crippen molar-refractivity contribution in [2.75, 3.05) is 5.32 Å². The third kappa shape index (κ3) is 3.73. The van der Waals surface area contributed by atoms with E-state index in [4.69, 9.17) is 0 Å². The summed E-state index contributed by atoms with van der Waals surface area (Å²) in [5, 5.41) is 14.9. The van der Waals surface area contributed by atoms with E-state index in [1.807, 2.05) is 6.92 Å². The molecule has 1 unspecified atom stereocenters. The number of thiazole rings is 1. The van der Waals surface area contributed by atoms with Gasteiger partial charge in [-0.15, -0.1) is 21.5 Å². The van der Waals surface area contributed by atoms with Gasteiger partial charge in [-0.2, -0.15) is 0 Å². The van der Waals surface area contributed by atoms with Crippen LogP contribution >= 0.6 is 22.7 Å². The van der Waals surface area contributed by atoms with Crippen LogP contribution in [0.4, 0.5) is 5.13 Å². The number of nitrogens with zero attached hydrogens (tertiary/aromatic N) is 3. The molecule has 2 heterocycles. The van der Waals surface area contributed by atoms with Crippen molar-refractivity contribution < 1.29 is 0 Å². The quantitative estimate of drug-likeness (QED) is 0.906. The molecule has 19 heavy (non-hydrogen) atoms. The molecular formula is C13H20N4S2. The predicted molar refractivity (Wildman–Crippen MR) is 82.1 cm³/mol. The Labute approximate surface area is 122 Å². The molecule has 0 fully saturated rings. The highest BCUT2D eigenvalue weighted by Crippen LogP contribution is 2.27. The zero-order valence-electron chi connectivity index (χ0n) is 12.0. The van der Waals surface area contributed by atoms with Crippen LogP contribution in [-0.4, -0.2) is 15.2 Å². The van der Waals surface area contributed by atoms with Gasteiger partial charge < -0.3 is 5.32 Å². The van der Waals surface area contributed by atoms with E-state index >= 15 is 0 Å². The van der Waals surface area contributed by atoms with Gasteiger partial charge in [-0.25, -0.2) is 4.98 Å². The van der Waals surface area contributed by atoms with Crippen LogP contribution in [0.3, 0.4) is 0 Å². The Bertz CT molecular complexity index is 545. The van der Waals surface area contributed by atoms with E-state index in [0.717, 1.165) is 27.3 Å². The number of hydrogen-bond donors (Lipinski definition) is 1. The van der Waals surface area contributed by atoms with Crippen molar-refractivity contribution in [1.29, 1.82) is 0 Å². The number of aryl methyl sites for hydroxylation is 2. The molecule has 0 aliphatic rings. The van der Waals surface area contributed by atoms with Gasteiger partial charge in [0.2, 0.25) is 5.13 Å². The van der Waals surface area contributed by atoms with Gasteiger partial charge in [-0.3, -0.25) is 0 Å². The molecule has 1 N–H and O–H groups in total. The van der Waals surface area contributed by atoms with E-state index in [9.17, 15) is 0 Å². The lowest BCUT2D eigenvalue weighted by atomic mass is 10.1. The predicted octanol–water partition coefficient (Wildman–Crippen LogP) is 3.98. The SMILES string of the molecule is Cc1nc(C(C)Nc2nnc(CC(C)C)s2)c(C)s1. The first-order valence-electron chi connectivity index (χ1n) is 6.48. The fourth-order valence-electron chi connectivity index (χ4n) is 1.94. The number of rotatable bonds is 5. The lowest BCUT2D eigenvalue weighted by Gasteiger charge is -2.10. The molecule has 0 amide bonds. The molecule has 6 heteroatoms. The lowest BCUT2D eigenvalue weighted by molar-refractivity contribution is 0.640.